The van der Waals surface area contributed by atoms with Gasteiger partial charge in [-0.3, -0.25) is 4.79 Å². The van der Waals surface area contributed by atoms with Crippen molar-refractivity contribution >= 4 is 6.41 Å². The first-order valence-corrected chi connectivity index (χ1v) is 4.21. The number of carbonyl (C=O) groups excluding carboxylic acids is 1. The summed E-state index contributed by atoms with van der Waals surface area (Å²) >= 11 is 0. The van der Waals surface area contributed by atoms with Crippen molar-refractivity contribution in [3.8, 4) is 0 Å². The van der Waals surface area contributed by atoms with E-state index in [1.165, 1.54) is 6.42 Å². The first kappa shape index (κ1) is 8.53. The van der Waals surface area contributed by atoms with Crippen molar-refractivity contribution in [2.75, 3.05) is 20.1 Å². The Morgan fingerprint density at radius 3 is 3.00 bits per heavy atom. The molecular weight excluding hydrogens is 140 g/mol. The van der Waals surface area contributed by atoms with Crippen LogP contribution in [-0.2, 0) is 4.79 Å². The van der Waals surface area contributed by atoms with E-state index < -0.39 is 0 Å². The predicted octanol–water partition coefficient (Wildman–Crippen LogP) is 0.217. The summed E-state index contributed by atoms with van der Waals surface area (Å²) in [5.74, 6) is 0. The summed E-state index contributed by atoms with van der Waals surface area (Å²) in [6.07, 6.45) is 4.23. The van der Waals surface area contributed by atoms with Gasteiger partial charge in [-0.25, -0.2) is 0 Å². The second-order valence-electron chi connectivity index (χ2n) is 3.22. The molecule has 0 aromatic carbocycles. The van der Waals surface area contributed by atoms with Crippen molar-refractivity contribution in [2.45, 2.75) is 25.3 Å². The number of amides is 1. The smallest absolute Gasteiger partial charge is 0.207 e. The van der Waals surface area contributed by atoms with Crippen LogP contribution in [0.2, 0.25) is 0 Å². The Morgan fingerprint density at radius 1 is 1.45 bits per heavy atom. The lowest BCUT2D eigenvalue weighted by molar-refractivity contribution is -0.110. The van der Waals surface area contributed by atoms with Crippen molar-refractivity contribution in [1.82, 2.24) is 10.2 Å². The third kappa shape index (κ3) is 2.89. The van der Waals surface area contributed by atoms with Crippen molar-refractivity contribution in [1.29, 1.82) is 0 Å². The van der Waals surface area contributed by atoms with Crippen LogP contribution in [0.3, 0.4) is 0 Å². The van der Waals surface area contributed by atoms with Crippen LogP contribution in [0.4, 0.5) is 0 Å². The second kappa shape index (κ2) is 4.34. The summed E-state index contributed by atoms with van der Waals surface area (Å²) in [5.41, 5.74) is 0. The van der Waals surface area contributed by atoms with E-state index in [0.29, 0.717) is 6.04 Å². The maximum atomic E-state index is 10.1. The summed E-state index contributed by atoms with van der Waals surface area (Å²) < 4.78 is 0. The van der Waals surface area contributed by atoms with Crippen LogP contribution in [0.25, 0.3) is 0 Å². The van der Waals surface area contributed by atoms with E-state index in [2.05, 4.69) is 17.3 Å². The van der Waals surface area contributed by atoms with E-state index in [9.17, 15) is 4.79 Å². The zero-order valence-electron chi connectivity index (χ0n) is 7.05. The van der Waals surface area contributed by atoms with Gasteiger partial charge in [-0.05, 0) is 39.4 Å². The van der Waals surface area contributed by atoms with Gasteiger partial charge in [0, 0.05) is 6.04 Å². The minimum Gasteiger partial charge on any atom is -0.356 e. The molecular formula is C8H16N2O. The second-order valence-corrected chi connectivity index (χ2v) is 3.22. The molecule has 0 radical (unpaired) electrons. The van der Waals surface area contributed by atoms with Gasteiger partial charge in [-0.2, -0.15) is 0 Å². The molecule has 1 fully saturated rings. The molecule has 1 N–H and O–H groups in total. The molecule has 1 rings (SSSR count). The Hall–Kier alpha value is -0.570. The van der Waals surface area contributed by atoms with E-state index in [-0.39, 0.29) is 0 Å². The van der Waals surface area contributed by atoms with Gasteiger partial charge >= 0.3 is 0 Å². The highest BCUT2D eigenvalue weighted by Crippen LogP contribution is 2.08. The molecule has 0 aromatic rings. The Kier molecular flexibility index (Phi) is 3.36. The fraction of sp³-hybridized carbons (Fsp3) is 0.875. The molecule has 0 saturated carbocycles. The molecule has 0 spiro atoms. The first-order valence-electron chi connectivity index (χ1n) is 4.21. The van der Waals surface area contributed by atoms with Crippen molar-refractivity contribution in [2.24, 2.45) is 0 Å². The number of nitrogens with one attached hydrogen (secondary N) is 1. The summed E-state index contributed by atoms with van der Waals surface area (Å²) in [4.78, 5) is 12.5. The van der Waals surface area contributed by atoms with Gasteiger partial charge < -0.3 is 10.2 Å². The van der Waals surface area contributed by atoms with Gasteiger partial charge in [0.25, 0.3) is 0 Å². The van der Waals surface area contributed by atoms with Crippen molar-refractivity contribution < 1.29 is 4.79 Å². The molecule has 1 aliphatic heterocycles. The molecule has 1 heterocycles. The highest BCUT2D eigenvalue weighted by atomic mass is 16.1. The molecule has 0 bridgehead atoms. The zero-order valence-corrected chi connectivity index (χ0v) is 7.05. The third-order valence-electron chi connectivity index (χ3n) is 2.26. The van der Waals surface area contributed by atoms with Gasteiger partial charge in [0.2, 0.25) is 6.41 Å². The van der Waals surface area contributed by atoms with Gasteiger partial charge in [0.15, 0.2) is 0 Å². The van der Waals surface area contributed by atoms with Crippen LogP contribution < -0.4 is 5.32 Å². The van der Waals surface area contributed by atoms with Crippen molar-refractivity contribution in [3.63, 3.8) is 0 Å². The SMILES string of the molecule is CN1CCCC(NC=O)CC1. The highest BCUT2D eigenvalue weighted by Gasteiger charge is 2.12. The third-order valence-corrected chi connectivity index (χ3v) is 2.26. The van der Waals surface area contributed by atoms with Crippen LogP contribution >= 0.6 is 0 Å². The molecule has 1 atom stereocenters. The summed E-state index contributed by atoms with van der Waals surface area (Å²) in [5, 5.41) is 2.84. The maximum Gasteiger partial charge on any atom is 0.207 e. The zero-order chi connectivity index (χ0) is 8.10. The Bertz CT molecular complexity index is 127. The average molecular weight is 156 g/mol. The van der Waals surface area contributed by atoms with Crippen LogP contribution in [-0.4, -0.2) is 37.5 Å². The highest BCUT2D eigenvalue weighted by molar-refractivity contribution is 5.46. The summed E-state index contributed by atoms with van der Waals surface area (Å²) in [7, 11) is 2.13. The van der Waals surface area contributed by atoms with Crippen molar-refractivity contribution in [3.05, 3.63) is 0 Å². The fourth-order valence-electron chi connectivity index (χ4n) is 1.50. The maximum absolute atomic E-state index is 10.1. The molecule has 1 saturated heterocycles. The number of hydrogen-bond acceptors (Lipinski definition) is 2. The molecule has 1 aliphatic rings. The number of hydrogen-bond donors (Lipinski definition) is 1. The Labute approximate surface area is 67.8 Å². The van der Waals surface area contributed by atoms with E-state index in [1.54, 1.807) is 0 Å². The summed E-state index contributed by atoms with van der Waals surface area (Å²) in [6, 6.07) is 0.414. The lowest BCUT2D eigenvalue weighted by atomic mass is 10.1. The van der Waals surface area contributed by atoms with Crippen LogP contribution in [0.15, 0.2) is 0 Å². The minimum absolute atomic E-state index is 0.414. The van der Waals surface area contributed by atoms with Gasteiger partial charge in [-0.1, -0.05) is 0 Å². The normalized spacial score (nSPS) is 27.5. The number of carbonyl (C=O) groups is 1. The topological polar surface area (TPSA) is 32.3 Å². The van der Waals surface area contributed by atoms with E-state index >= 15 is 0 Å². The van der Waals surface area contributed by atoms with Crippen LogP contribution in [0.5, 0.6) is 0 Å². The summed E-state index contributed by atoms with van der Waals surface area (Å²) in [6.45, 7) is 2.27. The fourth-order valence-corrected chi connectivity index (χ4v) is 1.50. The van der Waals surface area contributed by atoms with Gasteiger partial charge in [-0.15, -0.1) is 0 Å². The molecule has 11 heavy (non-hydrogen) atoms. The standard InChI is InChI=1S/C8H16N2O/c1-10-5-2-3-8(4-6-10)9-7-11/h7-8H,2-6H2,1H3,(H,9,11). The molecule has 1 amide bonds. The lowest BCUT2D eigenvalue weighted by Crippen LogP contribution is -2.28. The molecule has 0 aromatic heterocycles. The molecule has 3 heteroatoms. The average Bonchev–Trinajstić information content (AvgIpc) is 2.17. The minimum atomic E-state index is 0.414. The Balaban J connectivity index is 2.27. The largest absolute Gasteiger partial charge is 0.356 e. The van der Waals surface area contributed by atoms with Crippen LogP contribution in [0.1, 0.15) is 19.3 Å². The van der Waals surface area contributed by atoms with Gasteiger partial charge in [0.1, 0.15) is 0 Å². The number of rotatable bonds is 2. The Morgan fingerprint density at radius 2 is 2.27 bits per heavy atom. The monoisotopic (exact) mass is 156 g/mol. The number of likely N-dealkylation sites (tertiary alicyclic amines) is 1. The van der Waals surface area contributed by atoms with Gasteiger partial charge in [0.05, 0.1) is 0 Å². The van der Waals surface area contributed by atoms with E-state index in [0.717, 1.165) is 32.3 Å². The first-order chi connectivity index (χ1) is 5.33. The van der Waals surface area contributed by atoms with E-state index in [1.807, 2.05) is 0 Å². The predicted molar refractivity (Wildman–Crippen MR) is 44.3 cm³/mol. The lowest BCUT2D eigenvalue weighted by Gasteiger charge is -2.13. The number of nitrogens with zero attached hydrogens (tertiary/aromatic N) is 1. The molecule has 1 unspecified atom stereocenters. The van der Waals surface area contributed by atoms with Crippen LogP contribution in [0, 0.1) is 0 Å². The van der Waals surface area contributed by atoms with E-state index in [4.69, 9.17) is 0 Å². The molecule has 64 valence electrons. The quantitative estimate of drug-likeness (QED) is 0.580. The molecule has 3 nitrogen and oxygen atoms in total. The molecule has 0 aliphatic carbocycles.